The maximum atomic E-state index is 12.2. The summed E-state index contributed by atoms with van der Waals surface area (Å²) in [5, 5.41) is 2.59. The Labute approximate surface area is 167 Å². The topological polar surface area (TPSA) is 90.9 Å². The zero-order valence-electron chi connectivity index (χ0n) is 15.8. The number of carbonyl (C=O) groups excluding carboxylic acids is 3. The maximum absolute atomic E-state index is 12.2. The number of methoxy groups -OCH3 is 1. The van der Waals surface area contributed by atoms with E-state index in [9.17, 15) is 14.4 Å². The second-order valence-corrected chi connectivity index (χ2v) is 6.37. The average molecular weight is 403 g/mol. The van der Waals surface area contributed by atoms with Gasteiger partial charge in [0.25, 0.3) is 5.91 Å². The van der Waals surface area contributed by atoms with E-state index in [0.29, 0.717) is 17.0 Å². The predicted molar refractivity (Wildman–Crippen MR) is 106 cm³/mol. The van der Waals surface area contributed by atoms with Gasteiger partial charge in [-0.1, -0.05) is 0 Å². The number of hydrogen-bond donors (Lipinski definition) is 1. The Morgan fingerprint density at radius 3 is 2.32 bits per heavy atom. The van der Waals surface area contributed by atoms with E-state index in [1.165, 1.54) is 31.0 Å². The summed E-state index contributed by atoms with van der Waals surface area (Å²) >= 11 is 1.52. The SMILES string of the molecule is CCOC(=O)c1ccc(NC(=O)COC(=O)c2ccc(SC)cc2OC)cc1. The van der Waals surface area contributed by atoms with Crippen LogP contribution in [0.2, 0.25) is 0 Å². The minimum Gasteiger partial charge on any atom is -0.496 e. The van der Waals surface area contributed by atoms with Crippen molar-refractivity contribution in [1.29, 1.82) is 0 Å². The van der Waals surface area contributed by atoms with E-state index < -0.39 is 24.5 Å². The number of nitrogens with one attached hydrogen (secondary N) is 1. The highest BCUT2D eigenvalue weighted by Gasteiger charge is 2.16. The van der Waals surface area contributed by atoms with E-state index in [4.69, 9.17) is 14.2 Å². The molecule has 0 aliphatic rings. The second kappa shape index (κ2) is 10.4. The Hall–Kier alpha value is -3.00. The average Bonchev–Trinajstić information content (AvgIpc) is 2.72. The molecule has 2 rings (SSSR count). The van der Waals surface area contributed by atoms with E-state index in [0.717, 1.165) is 4.90 Å². The summed E-state index contributed by atoms with van der Waals surface area (Å²) < 4.78 is 15.2. The third-order valence-corrected chi connectivity index (χ3v) is 4.37. The number of thioether (sulfide) groups is 1. The van der Waals surface area contributed by atoms with E-state index in [2.05, 4.69) is 5.32 Å². The highest BCUT2D eigenvalue weighted by atomic mass is 32.2. The van der Waals surface area contributed by atoms with Crippen LogP contribution in [0.3, 0.4) is 0 Å². The van der Waals surface area contributed by atoms with Gasteiger partial charge in [0.05, 0.1) is 19.3 Å². The van der Waals surface area contributed by atoms with Crippen molar-refractivity contribution in [3.05, 3.63) is 53.6 Å². The summed E-state index contributed by atoms with van der Waals surface area (Å²) in [5.74, 6) is -1.21. The molecule has 0 unspecified atom stereocenters. The van der Waals surface area contributed by atoms with Crippen LogP contribution >= 0.6 is 11.8 Å². The molecule has 0 saturated carbocycles. The highest BCUT2D eigenvalue weighted by molar-refractivity contribution is 7.98. The fourth-order valence-corrected chi connectivity index (χ4v) is 2.71. The normalized spacial score (nSPS) is 10.1. The van der Waals surface area contributed by atoms with Gasteiger partial charge in [0.2, 0.25) is 0 Å². The van der Waals surface area contributed by atoms with Crippen LogP contribution in [0.15, 0.2) is 47.4 Å². The van der Waals surface area contributed by atoms with Crippen molar-refractivity contribution in [1.82, 2.24) is 0 Å². The number of esters is 2. The smallest absolute Gasteiger partial charge is 0.342 e. The Kier molecular flexibility index (Phi) is 7.88. The maximum Gasteiger partial charge on any atom is 0.342 e. The van der Waals surface area contributed by atoms with Gasteiger partial charge in [-0.15, -0.1) is 11.8 Å². The lowest BCUT2D eigenvalue weighted by molar-refractivity contribution is -0.119. The second-order valence-electron chi connectivity index (χ2n) is 5.49. The van der Waals surface area contributed by atoms with Gasteiger partial charge in [-0.05, 0) is 55.6 Å². The molecular formula is C20H21NO6S. The summed E-state index contributed by atoms with van der Waals surface area (Å²) in [6, 6.07) is 11.3. The molecule has 8 heteroatoms. The Bertz CT molecular complexity index is 850. The van der Waals surface area contributed by atoms with Crippen LogP contribution in [0, 0.1) is 0 Å². The molecule has 2 aromatic rings. The minimum absolute atomic E-state index is 0.242. The summed E-state index contributed by atoms with van der Waals surface area (Å²) in [6.45, 7) is 1.56. The van der Waals surface area contributed by atoms with Gasteiger partial charge in [0, 0.05) is 10.6 Å². The van der Waals surface area contributed by atoms with Crippen molar-refractivity contribution in [2.45, 2.75) is 11.8 Å². The quantitative estimate of drug-likeness (QED) is 0.534. The Morgan fingerprint density at radius 2 is 1.71 bits per heavy atom. The number of benzene rings is 2. The van der Waals surface area contributed by atoms with Crippen LogP contribution < -0.4 is 10.1 Å². The number of rotatable bonds is 8. The monoisotopic (exact) mass is 403 g/mol. The molecular weight excluding hydrogens is 382 g/mol. The first-order valence-electron chi connectivity index (χ1n) is 8.44. The van der Waals surface area contributed by atoms with Gasteiger partial charge in [0.1, 0.15) is 11.3 Å². The molecule has 0 aliphatic carbocycles. The van der Waals surface area contributed by atoms with Crippen molar-refractivity contribution in [3.63, 3.8) is 0 Å². The molecule has 0 bridgehead atoms. The Balaban J connectivity index is 1.92. The lowest BCUT2D eigenvalue weighted by Gasteiger charge is -2.10. The molecule has 0 atom stereocenters. The molecule has 1 N–H and O–H groups in total. The molecule has 1 amide bonds. The summed E-state index contributed by atoms with van der Waals surface area (Å²) in [4.78, 5) is 36.8. The van der Waals surface area contributed by atoms with E-state index in [1.54, 1.807) is 37.3 Å². The predicted octanol–water partition coefficient (Wildman–Crippen LogP) is 3.39. The molecule has 0 saturated heterocycles. The van der Waals surface area contributed by atoms with Crippen molar-refractivity contribution in [2.24, 2.45) is 0 Å². The standard InChI is InChI=1S/C20H21NO6S/c1-4-26-19(23)13-5-7-14(8-6-13)21-18(22)12-27-20(24)16-10-9-15(28-3)11-17(16)25-2/h5-11H,4,12H2,1-3H3,(H,21,22). The summed E-state index contributed by atoms with van der Waals surface area (Å²) in [5.41, 5.74) is 1.09. The molecule has 28 heavy (non-hydrogen) atoms. The van der Waals surface area contributed by atoms with Crippen LogP contribution in [-0.4, -0.2) is 44.4 Å². The molecule has 0 spiro atoms. The molecule has 0 heterocycles. The fourth-order valence-electron chi connectivity index (χ4n) is 2.28. The van der Waals surface area contributed by atoms with Gasteiger partial charge < -0.3 is 19.5 Å². The molecule has 0 aliphatic heterocycles. The first kappa shape index (κ1) is 21.3. The van der Waals surface area contributed by atoms with Gasteiger partial charge >= 0.3 is 11.9 Å². The van der Waals surface area contributed by atoms with Crippen LogP contribution in [0.25, 0.3) is 0 Å². The van der Waals surface area contributed by atoms with Crippen LogP contribution in [0.5, 0.6) is 5.75 Å². The van der Waals surface area contributed by atoms with Gasteiger partial charge in [-0.25, -0.2) is 9.59 Å². The van der Waals surface area contributed by atoms with Crippen molar-refractivity contribution in [2.75, 3.05) is 31.9 Å². The van der Waals surface area contributed by atoms with Crippen molar-refractivity contribution < 1.29 is 28.6 Å². The molecule has 0 radical (unpaired) electrons. The number of ether oxygens (including phenoxy) is 3. The number of anilines is 1. The van der Waals surface area contributed by atoms with E-state index in [-0.39, 0.29) is 12.2 Å². The Morgan fingerprint density at radius 1 is 1.00 bits per heavy atom. The van der Waals surface area contributed by atoms with Crippen LogP contribution in [-0.2, 0) is 14.3 Å². The summed E-state index contributed by atoms with van der Waals surface area (Å²) in [6.07, 6.45) is 1.91. The lowest BCUT2D eigenvalue weighted by Crippen LogP contribution is -2.21. The van der Waals surface area contributed by atoms with Crippen molar-refractivity contribution in [3.8, 4) is 5.75 Å². The third kappa shape index (κ3) is 5.75. The molecule has 0 fully saturated rings. The summed E-state index contributed by atoms with van der Waals surface area (Å²) in [7, 11) is 1.46. The number of hydrogen-bond acceptors (Lipinski definition) is 7. The molecule has 7 nitrogen and oxygen atoms in total. The van der Waals surface area contributed by atoms with E-state index in [1.807, 2.05) is 6.26 Å². The zero-order valence-corrected chi connectivity index (χ0v) is 16.6. The largest absolute Gasteiger partial charge is 0.496 e. The molecule has 148 valence electrons. The first-order valence-corrected chi connectivity index (χ1v) is 9.67. The van der Waals surface area contributed by atoms with Crippen LogP contribution in [0.1, 0.15) is 27.6 Å². The first-order chi connectivity index (χ1) is 13.5. The third-order valence-electron chi connectivity index (χ3n) is 3.64. The number of amides is 1. The van der Waals surface area contributed by atoms with Gasteiger partial charge in [-0.3, -0.25) is 4.79 Å². The zero-order chi connectivity index (χ0) is 20.5. The number of carbonyl (C=O) groups is 3. The van der Waals surface area contributed by atoms with Gasteiger partial charge in [-0.2, -0.15) is 0 Å². The van der Waals surface area contributed by atoms with Crippen LogP contribution in [0.4, 0.5) is 5.69 Å². The minimum atomic E-state index is -0.655. The molecule has 0 aromatic heterocycles. The molecule has 2 aromatic carbocycles. The highest BCUT2D eigenvalue weighted by Crippen LogP contribution is 2.25. The van der Waals surface area contributed by atoms with E-state index >= 15 is 0 Å². The van der Waals surface area contributed by atoms with Crippen molar-refractivity contribution >= 4 is 35.3 Å². The lowest BCUT2D eigenvalue weighted by atomic mass is 10.2. The van der Waals surface area contributed by atoms with Gasteiger partial charge in [0.15, 0.2) is 6.61 Å². The fraction of sp³-hybridized carbons (Fsp3) is 0.250.